The molecule has 3 nitrogen and oxygen atoms in total. The van der Waals surface area contributed by atoms with Gasteiger partial charge in [0, 0.05) is 16.1 Å². The fourth-order valence-electron chi connectivity index (χ4n) is 3.00. The zero-order chi connectivity index (χ0) is 17.9. The van der Waals surface area contributed by atoms with Crippen LogP contribution in [0.1, 0.15) is 0 Å². The Kier molecular flexibility index (Phi) is 4.46. The topological polar surface area (TPSA) is 27.1 Å². The maximum absolute atomic E-state index is 6.47. The van der Waals surface area contributed by atoms with Gasteiger partial charge in [-0.05, 0) is 36.4 Å². The van der Waals surface area contributed by atoms with Crippen LogP contribution in [0.25, 0.3) is 28.2 Å². The zero-order valence-corrected chi connectivity index (χ0v) is 15.0. The van der Waals surface area contributed by atoms with Gasteiger partial charge in [-0.2, -0.15) is 5.10 Å². The number of rotatable bonds is 4. The number of ether oxygens (including phenoxy) is 1. The molecule has 26 heavy (non-hydrogen) atoms. The summed E-state index contributed by atoms with van der Waals surface area (Å²) in [5, 5.41) is 5.55. The molecule has 0 atom stereocenters. The van der Waals surface area contributed by atoms with Gasteiger partial charge in [0.25, 0.3) is 0 Å². The number of methoxy groups -OCH3 is 1. The van der Waals surface area contributed by atoms with Crippen molar-refractivity contribution >= 4 is 11.6 Å². The Bertz CT molecular complexity index is 1040. The third-order valence-electron chi connectivity index (χ3n) is 4.24. The highest BCUT2D eigenvalue weighted by molar-refractivity contribution is 6.33. The van der Waals surface area contributed by atoms with Crippen LogP contribution in [0.5, 0.6) is 5.75 Å². The molecule has 0 aliphatic carbocycles. The maximum atomic E-state index is 6.47. The van der Waals surface area contributed by atoms with Crippen LogP contribution in [0, 0.1) is 0 Å². The zero-order valence-electron chi connectivity index (χ0n) is 14.3. The normalized spacial score (nSPS) is 10.7. The number of nitrogens with zero attached hydrogens (tertiary/aromatic N) is 2. The van der Waals surface area contributed by atoms with Crippen LogP contribution in [0.15, 0.2) is 84.9 Å². The van der Waals surface area contributed by atoms with Crippen LogP contribution in [-0.4, -0.2) is 16.9 Å². The van der Waals surface area contributed by atoms with Gasteiger partial charge in [-0.15, -0.1) is 0 Å². The molecule has 0 amide bonds. The smallest absolute Gasteiger partial charge is 0.128 e. The second-order valence-electron chi connectivity index (χ2n) is 5.84. The molecule has 0 aliphatic heterocycles. The molecule has 0 fully saturated rings. The molecule has 0 unspecified atom stereocenters. The minimum atomic E-state index is 0.691. The lowest BCUT2D eigenvalue weighted by Gasteiger charge is -2.08. The summed E-state index contributed by atoms with van der Waals surface area (Å²) in [4.78, 5) is 0. The predicted octanol–water partition coefficient (Wildman–Crippen LogP) is 5.87. The van der Waals surface area contributed by atoms with E-state index >= 15 is 0 Å². The van der Waals surface area contributed by atoms with Crippen LogP contribution in [-0.2, 0) is 0 Å². The van der Waals surface area contributed by atoms with Crippen LogP contribution >= 0.6 is 11.6 Å². The first-order chi connectivity index (χ1) is 12.8. The highest BCUT2D eigenvalue weighted by atomic mass is 35.5. The van der Waals surface area contributed by atoms with Crippen LogP contribution in [0.3, 0.4) is 0 Å². The van der Waals surface area contributed by atoms with Gasteiger partial charge >= 0.3 is 0 Å². The van der Waals surface area contributed by atoms with Gasteiger partial charge in [0.2, 0.25) is 0 Å². The molecule has 0 aliphatic rings. The van der Waals surface area contributed by atoms with E-state index < -0.39 is 0 Å². The van der Waals surface area contributed by atoms with Crippen molar-refractivity contribution in [2.24, 2.45) is 0 Å². The highest BCUT2D eigenvalue weighted by Gasteiger charge is 2.16. The minimum Gasteiger partial charge on any atom is -0.496 e. The molecule has 4 aromatic rings. The van der Waals surface area contributed by atoms with E-state index in [9.17, 15) is 0 Å². The fourth-order valence-corrected chi connectivity index (χ4v) is 3.23. The monoisotopic (exact) mass is 360 g/mol. The Balaban J connectivity index is 1.96. The lowest BCUT2D eigenvalue weighted by molar-refractivity contribution is 0.416. The van der Waals surface area contributed by atoms with E-state index in [4.69, 9.17) is 21.4 Å². The predicted molar refractivity (Wildman–Crippen MR) is 106 cm³/mol. The van der Waals surface area contributed by atoms with Crippen molar-refractivity contribution in [3.05, 3.63) is 90.0 Å². The molecule has 3 aromatic carbocycles. The molecule has 128 valence electrons. The number of halogens is 1. The van der Waals surface area contributed by atoms with Crippen LogP contribution in [0.4, 0.5) is 0 Å². The Hall–Kier alpha value is -3.04. The Morgan fingerprint density at radius 1 is 0.808 bits per heavy atom. The molecule has 4 heteroatoms. The van der Waals surface area contributed by atoms with E-state index in [1.807, 2.05) is 89.6 Å². The van der Waals surface area contributed by atoms with Crippen molar-refractivity contribution in [1.29, 1.82) is 0 Å². The van der Waals surface area contributed by atoms with Gasteiger partial charge in [-0.3, -0.25) is 0 Å². The third-order valence-corrected chi connectivity index (χ3v) is 4.57. The van der Waals surface area contributed by atoms with E-state index in [0.717, 1.165) is 34.0 Å². The van der Waals surface area contributed by atoms with Crippen LogP contribution in [0.2, 0.25) is 5.02 Å². The number of para-hydroxylation sites is 2. The van der Waals surface area contributed by atoms with Crippen LogP contribution < -0.4 is 4.74 Å². The van der Waals surface area contributed by atoms with E-state index in [1.54, 1.807) is 7.11 Å². The second kappa shape index (κ2) is 7.06. The summed E-state index contributed by atoms with van der Waals surface area (Å²) in [7, 11) is 1.67. The molecule has 0 radical (unpaired) electrons. The summed E-state index contributed by atoms with van der Waals surface area (Å²) in [6, 6.07) is 27.8. The summed E-state index contributed by atoms with van der Waals surface area (Å²) in [6.45, 7) is 0. The number of benzene rings is 3. The lowest BCUT2D eigenvalue weighted by atomic mass is 10.1. The largest absolute Gasteiger partial charge is 0.496 e. The summed E-state index contributed by atoms with van der Waals surface area (Å²) < 4.78 is 7.43. The van der Waals surface area contributed by atoms with Crippen molar-refractivity contribution < 1.29 is 4.74 Å². The molecule has 0 N–H and O–H groups in total. The second-order valence-corrected chi connectivity index (χ2v) is 6.25. The highest BCUT2D eigenvalue weighted by Crippen LogP contribution is 2.35. The molecular weight excluding hydrogens is 344 g/mol. The standard InChI is InChI=1S/C22H17ClN2O/c1-26-22-14-8-6-12-18(22)20-15-21(17-11-5-7-13-19(17)23)25(24-20)16-9-3-2-4-10-16/h2-15H,1H3. The van der Waals surface area contributed by atoms with Crippen molar-refractivity contribution in [3.63, 3.8) is 0 Å². The van der Waals surface area contributed by atoms with Gasteiger partial charge in [-0.1, -0.05) is 60.1 Å². The molecule has 1 aromatic heterocycles. The van der Waals surface area contributed by atoms with E-state index in [-0.39, 0.29) is 0 Å². The van der Waals surface area contributed by atoms with Gasteiger partial charge in [0.15, 0.2) is 0 Å². The van der Waals surface area contributed by atoms with E-state index in [1.165, 1.54) is 0 Å². The average Bonchev–Trinajstić information content (AvgIpc) is 3.14. The van der Waals surface area contributed by atoms with Gasteiger partial charge < -0.3 is 4.74 Å². The molecule has 1 heterocycles. The lowest BCUT2D eigenvalue weighted by Crippen LogP contribution is -1.99. The van der Waals surface area contributed by atoms with Crippen molar-refractivity contribution in [2.45, 2.75) is 0 Å². The maximum Gasteiger partial charge on any atom is 0.128 e. The molecule has 0 saturated carbocycles. The summed E-state index contributed by atoms with van der Waals surface area (Å²) in [5.41, 5.74) is 4.62. The SMILES string of the molecule is COc1ccccc1-c1cc(-c2ccccc2Cl)n(-c2ccccc2)n1. The van der Waals surface area contributed by atoms with Crippen molar-refractivity contribution in [2.75, 3.05) is 7.11 Å². The molecule has 4 rings (SSSR count). The quantitative estimate of drug-likeness (QED) is 0.455. The van der Waals surface area contributed by atoms with Crippen molar-refractivity contribution in [3.8, 4) is 34.0 Å². The number of aromatic nitrogens is 2. The van der Waals surface area contributed by atoms with Crippen molar-refractivity contribution in [1.82, 2.24) is 9.78 Å². The first kappa shape index (κ1) is 16.4. The molecule has 0 bridgehead atoms. The van der Waals surface area contributed by atoms with Gasteiger partial charge in [-0.25, -0.2) is 4.68 Å². The summed E-state index contributed by atoms with van der Waals surface area (Å²) in [5.74, 6) is 0.788. The third kappa shape index (κ3) is 2.98. The molecule has 0 spiro atoms. The summed E-state index contributed by atoms with van der Waals surface area (Å²) in [6.07, 6.45) is 0. The van der Waals surface area contributed by atoms with E-state index in [2.05, 4.69) is 0 Å². The van der Waals surface area contributed by atoms with Gasteiger partial charge in [0.1, 0.15) is 5.75 Å². The minimum absolute atomic E-state index is 0.691. The molecular formula is C22H17ClN2O. The average molecular weight is 361 g/mol. The van der Waals surface area contributed by atoms with E-state index in [0.29, 0.717) is 5.02 Å². The fraction of sp³-hybridized carbons (Fsp3) is 0.0455. The number of hydrogen-bond acceptors (Lipinski definition) is 2. The summed E-state index contributed by atoms with van der Waals surface area (Å²) >= 11 is 6.47. The number of hydrogen-bond donors (Lipinski definition) is 0. The Morgan fingerprint density at radius 2 is 1.46 bits per heavy atom. The Labute approximate surface area is 157 Å². The first-order valence-electron chi connectivity index (χ1n) is 8.31. The van der Waals surface area contributed by atoms with Gasteiger partial charge in [0.05, 0.1) is 24.2 Å². The molecule has 0 saturated heterocycles. The Morgan fingerprint density at radius 3 is 2.19 bits per heavy atom. The first-order valence-corrected chi connectivity index (χ1v) is 8.69.